The summed E-state index contributed by atoms with van der Waals surface area (Å²) in [5.41, 5.74) is -0.970. The number of aliphatic carboxylic acids is 1. The van der Waals surface area contributed by atoms with Crippen molar-refractivity contribution in [3.05, 3.63) is 22.4 Å². The molecule has 2 aliphatic heterocycles. The molecular weight excluding hydrogens is 340 g/mol. The van der Waals surface area contributed by atoms with Crippen LogP contribution in [0.5, 0.6) is 0 Å². The van der Waals surface area contributed by atoms with Crippen LogP contribution in [0.4, 0.5) is 0 Å². The molecule has 4 atom stereocenters. The van der Waals surface area contributed by atoms with Gasteiger partial charge in [0.25, 0.3) is 5.91 Å². The third-order valence-corrected chi connectivity index (χ3v) is 6.71. The van der Waals surface area contributed by atoms with Gasteiger partial charge in [0.15, 0.2) is 6.10 Å². The van der Waals surface area contributed by atoms with Crippen molar-refractivity contribution < 1.29 is 24.6 Å². The van der Waals surface area contributed by atoms with Crippen LogP contribution in [0.2, 0.25) is 0 Å². The first-order valence-electron chi connectivity index (χ1n) is 7.01. The lowest BCUT2D eigenvalue weighted by atomic mass is 9.89. The first-order valence-corrected chi connectivity index (χ1v) is 8.94. The molecule has 3 unspecified atom stereocenters. The number of hydrogen-bond donors (Lipinski definition) is 3. The third-order valence-electron chi connectivity index (χ3n) is 4.11. The molecule has 23 heavy (non-hydrogen) atoms. The monoisotopic (exact) mass is 356 g/mol. The van der Waals surface area contributed by atoms with Crippen LogP contribution in [0.3, 0.4) is 0 Å². The number of nitrogens with one attached hydrogen (secondary N) is 1. The lowest BCUT2D eigenvalue weighted by Gasteiger charge is -2.53. The fourth-order valence-electron chi connectivity index (χ4n) is 2.64. The zero-order valence-electron chi connectivity index (χ0n) is 12.3. The molecule has 9 heteroatoms. The smallest absolute Gasteiger partial charge is 0.312 e. The summed E-state index contributed by atoms with van der Waals surface area (Å²) in [6.07, 6.45) is -1.30. The summed E-state index contributed by atoms with van der Waals surface area (Å²) in [4.78, 5) is 37.5. The topological polar surface area (TPSA) is 107 Å². The van der Waals surface area contributed by atoms with Crippen molar-refractivity contribution in [2.24, 2.45) is 5.41 Å². The van der Waals surface area contributed by atoms with Crippen molar-refractivity contribution in [3.63, 3.8) is 0 Å². The number of amides is 2. The number of carboxylic acid groups (broad SMARTS) is 1. The molecule has 3 rings (SSSR count). The van der Waals surface area contributed by atoms with Gasteiger partial charge in [-0.2, -0.15) is 0 Å². The van der Waals surface area contributed by atoms with Crippen molar-refractivity contribution in [1.82, 2.24) is 10.2 Å². The molecule has 0 spiro atoms. The molecule has 1 aromatic rings. The number of aliphatic hydroxyl groups is 1. The van der Waals surface area contributed by atoms with Gasteiger partial charge in [0.05, 0.1) is 5.41 Å². The molecule has 2 fully saturated rings. The summed E-state index contributed by atoms with van der Waals surface area (Å²) < 4.78 is 0. The lowest BCUT2D eigenvalue weighted by Crippen LogP contribution is -2.73. The Kier molecular flexibility index (Phi) is 4.11. The standard InChI is InChI=1S/C14H16N2O5S2/c1-14(13(20)21)5-16-11(19)8(12(16)23-6-14)15-10(18)9(17)7-3-2-4-22-7/h2-4,8-9,12,17H,5-6H2,1H3,(H,15,18)(H,20,21)/t8?,9?,12-,14?/m1/s1. The molecule has 0 bridgehead atoms. The van der Waals surface area contributed by atoms with Gasteiger partial charge in [-0.05, 0) is 18.4 Å². The number of thiophene rings is 1. The molecule has 0 radical (unpaired) electrons. The second kappa shape index (κ2) is 5.81. The van der Waals surface area contributed by atoms with Gasteiger partial charge in [0.1, 0.15) is 11.4 Å². The van der Waals surface area contributed by atoms with Crippen LogP contribution in [-0.4, -0.2) is 56.6 Å². The average molecular weight is 356 g/mol. The van der Waals surface area contributed by atoms with Gasteiger partial charge in [-0.15, -0.1) is 23.1 Å². The molecule has 2 amide bonds. The fourth-order valence-corrected chi connectivity index (χ4v) is 4.84. The summed E-state index contributed by atoms with van der Waals surface area (Å²) in [5.74, 6) is -1.48. The Morgan fingerprint density at radius 3 is 2.87 bits per heavy atom. The number of β-lactam (4-membered cyclic amide) rings is 1. The quantitative estimate of drug-likeness (QED) is 0.669. The van der Waals surface area contributed by atoms with Crippen LogP contribution in [0.1, 0.15) is 17.9 Å². The fraction of sp³-hybridized carbons (Fsp3) is 0.500. The van der Waals surface area contributed by atoms with Crippen LogP contribution >= 0.6 is 23.1 Å². The van der Waals surface area contributed by atoms with E-state index in [1.165, 1.54) is 28.0 Å². The number of fused-ring (bicyclic) bond motifs is 1. The summed E-state index contributed by atoms with van der Waals surface area (Å²) in [6, 6.07) is 2.67. The average Bonchev–Trinajstić information content (AvgIpc) is 3.06. The largest absolute Gasteiger partial charge is 0.481 e. The minimum atomic E-state index is -1.30. The van der Waals surface area contributed by atoms with E-state index in [2.05, 4.69) is 5.32 Å². The molecule has 124 valence electrons. The Morgan fingerprint density at radius 1 is 1.52 bits per heavy atom. The van der Waals surface area contributed by atoms with Crippen molar-refractivity contribution in [2.45, 2.75) is 24.4 Å². The van der Waals surface area contributed by atoms with E-state index in [0.717, 1.165) is 0 Å². The summed E-state index contributed by atoms with van der Waals surface area (Å²) in [6.45, 7) is 1.75. The highest BCUT2D eigenvalue weighted by Crippen LogP contribution is 2.42. The number of carbonyl (C=O) groups is 3. The van der Waals surface area contributed by atoms with Gasteiger partial charge in [-0.25, -0.2) is 0 Å². The Labute approximate surface area is 140 Å². The van der Waals surface area contributed by atoms with Gasteiger partial charge in [-0.1, -0.05) is 6.07 Å². The SMILES string of the molecule is CC1(C(=O)O)CS[C@@H]2C(NC(=O)C(O)c3cccs3)C(=O)N2C1. The van der Waals surface area contributed by atoms with E-state index in [-0.39, 0.29) is 17.8 Å². The molecule has 0 aliphatic carbocycles. The Bertz CT molecular complexity index is 650. The highest BCUT2D eigenvalue weighted by atomic mass is 32.2. The second-order valence-corrected chi connectivity index (χ2v) is 8.02. The molecule has 7 nitrogen and oxygen atoms in total. The third kappa shape index (κ3) is 2.73. The van der Waals surface area contributed by atoms with Gasteiger partial charge in [-0.3, -0.25) is 14.4 Å². The van der Waals surface area contributed by atoms with Crippen molar-refractivity contribution in [3.8, 4) is 0 Å². The predicted octanol–water partition coefficient (Wildman–Crippen LogP) is 0.272. The molecule has 2 aliphatic rings. The van der Waals surface area contributed by atoms with E-state index >= 15 is 0 Å². The predicted molar refractivity (Wildman–Crippen MR) is 84.9 cm³/mol. The molecule has 3 N–H and O–H groups in total. The highest BCUT2D eigenvalue weighted by molar-refractivity contribution is 8.00. The van der Waals surface area contributed by atoms with Gasteiger partial charge >= 0.3 is 5.97 Å². The maximum atomic E-state index is 12.2. The number of hydrogen-bond acceptors (Lipinski definition) is 6. The maximum absolute atomic E-state index is 12.2. The Morgan fingerprint density at radius 2 is 2.26 bits per heavy atom. The lowest BCUT2D eigenvalue weighted by molar-refractivity contribution is -0.158. The normalized spacial score (nSPS) is 31.0. The van der Waals surface area contributed by atoms with Crippen LogP contribution < -0.4 is 5.32 Å². The van der Waals surface area contributed by atoms with E-state index in [1.54, 1.807) is 24.4 Å². The number of nitrogens with zero attached hydrogens (tertiary/aromatic N) is 1. The van der Waals surface area contributed by atoms with Gasteiger partial charge < -0.3 is 20.4 Å². The molecule has 0 saturated carbocycles. The van der Waals surface area contributed by atoms with Crippen LogP contribution in [-0.2, 0) is 14.4 Å². The molecule has 3 heterocycles. The highest BCUT2D eigenvalue weighted by Gasteiger charge is 2.56. The van der Waals surface area contributed by atoms with Crippen molar-refractivity contribution in [2.75, 3.05) is 12.3 Å². The van der Waals surface area contributed by atoms with E-state index in [4.69, 9.17) is 0 Å². The summed E-state index contributed by atoms with van der Waals surface area (Å²) >= 11 is 2.60. The van der Waals surface area contributed by atoms with E-state index in [0.29, 0.717) is 10.6 Å². The number of carboxylic acids is 1. The summed E-state index contributed by atoms with van der Waals surface area (Å²) in [7, 11) is 0. The minimum Gasteiger partial charge on any atom is -0.481 e. The summed E-state index contributed by atoms with van der Waals surface area (Å²) in [5, 5.41) is 23.3. The van der Waals surface area contributed by atoms with Gasteiger partial charge in [0.2, 0.25) is 5.91 Å². The van der Waals surface area contributed by atoms with E-state index < -0.39 is 29.4 Å². The molecule has 1 aromatic heterocycles. The van der Waals surface area contributed by atoms with Crippen LogP contribution in [0.15, 0.2) is 17.5 Å². The van der Waals surface area contributed by atoms with E-state index in [9.17, 15) is 24.6 Å². The number of aliphatic hydroxyl groups excluding tert-OH is 1. The number of thioether (sulfide) groups is 1. The first kappa shape index (κ1) is 16.3. The van der Waals surface area contributed by atoms with Crippen LogP contribution in [0, 0.1) is 5.41 Å². The first-order chi connectivity index (χ1) is 10.8. The number of carbonyl (C=O) groups excluding carboxylic acids is 2. The second-order valence-electron chi connectivity index (χ2n) is 5.94. The zero-order valence-corrected chi connectivity index (χ0v) is 13.9. The molecular formula is C14H16N2O5S2. The minimum absolute atomic E-state index is 0.138. The molecule has 2 saturated heterocycles. The Hall–Kier alpha value is -1.58. The van der Waals surface area contributed by atoms with E-state index in [1.807, 2.05) is 0 Å². The number of rotatable bonds is 4. The molecule has 0 aromatic carbocycles. The Balaban J connectivity index is 1.63. The van der Waals surface area contributed by atoms with Gasteiger partial charge in [0, 0.05) is 17.2 Å². The zero-order chi connectivity index (χ0) is 16.8. The van der Waals surface area contributed by atoms with Crippen molar-refractivity contribution in [1.29, 1.82) is 0 Å². The maximum Gasteiger partial charge on any atom is 0.312 e. The van der Waals surface area contributed by atoms with Crippen LogP contribution in [0.25, 0.3) is 0 Å². The van der Waals surface area contributed by atoms with Crippen molar-refractivity contribution >= 4 is 40.9 Å².